The zero-order valence-corrected chi connectivity index (χ0v) is 15.1. The van der Waals surface area contributed by atoms with Gasteiger partial charge in [0.05, 0.1) is 48.8 Å². The summed E-state index contributed by atoms with van der Waals surface area (Å²) in [6.45, 7) is 5.14. The molecule has 6 nitrogen and oxygen atoms in total. The Hall–Kier alpha value is -2.83. The predicted molar refractivity (Wildman–Crippen MR) is 104 cm³/mol. The summed E-state index contributed by atoms with van der Waals surface area (Å²) < 4.78 is 5.38. The molecule has 138 valence electrons. The molecule has 0 radical (unpaired) electrons. The highest BCUT2D eigenvalue weighted by molar-refractivity contribution is 6.07. The van der Waals surface area contributed by atoms with Crippen LogP contribution < -0.4 is 10.2 Å². The van der Waals surface area contributed by atoms with Gasteiger partial charge in [0.2, 0.25) is 0 Å². The maximum Gasteiger partial charge on any atom is 0.252 e. The van der Waals surface area contributed by atoms with Gasteiger partial charge in [-0.2, -0.15) is 0 Å². The summed E-state index contributed by atoms with van der Waals surface area (Å²) in [5.74, 6) is -0.0709. The van der Waals surface area contributed by atoms with Gasteiger partial charge in [0.25, 0.3) is 5.91 Å². The molecule has 1 aliphatic heterocycles. The number of nitrogens with zero attached hydrogens (tertiary/aromatic N) is 2. The van der Waals surface area contributed by atoms with Crippen LogP contribution in [0.1, 0.15) is 10.4 Å². The van der Waals surface area contributed by atoms with E-state index in [0.717, 1.165) is 49.4 Å². The maximum atomic E-state index is 12.9. The molecule has 0 atom stereocenters. The Kier molecular flexibility index (Phi) is 5.37. The van der Waals surface area contributed by atoms with E-state index in [-0.39, 0.29) is 5.91 Å². The molecule has 1 aromatic carbocycles. The number of rotatable bonds is 5. The van der Waals surface area contributed by atoms with Crippen molar-refractivity contribution in [1.29, 1.82) is 0 Å². The number of pyridine rings is 2. The molecule has 1 aliphatic rings. The molecular weight excluding hydrogens is 340 g/mol. The number of para-hydroxylation sites is 1. The van der Waals surface area contributed by atoms with Crippen LogP contribution in [0.5, 0.6) is 0 Å². The largest absolute Gasteiger partial charge is 0.370 e. The Morgan fingerprint density at radius 3 is 2.70 bits per heavy atom. The summed E-state index contributed by atoms with van der Waals surface area (Å²) in [5.41, 5.74) is 2.90. The fraction of sp³-hybridized carbons (Fsp3) is 0.286. The van der Waals surface area contributed by atoms with Gasteiger partial charge < -0.3 is 15.0 Å². The fourth-order valence-electron chi connectivity index (χ4n) is 3.37. The molecule has 2 aromatic heterocycles. The lowest BCUT2D eigenvalue weighted by atomic mass is 10.1. The van der Waals surface area contributed by atoms with E-state index in [4.69, 9.17) is 4.74 Å². The average molecular weight is 363 g/mol. The van der Waals surface area contributed by atoms with Crippen LogP contribution in [-0.2, 0) is 4.74 Å². The second-order valence-electron chi connectivity index (χ2n) is 6.66. The van der Waals surface area contributed by atoms with Crippen LogP contribution in [-0.4, -0.2) is 55.3 Å². The van der Waals surface area contributed by atoms with Gasteiger partial charge in [0.15, 0.2) is 0 Å². The van der Waals surface area contributed by atoms with Crippen LogP contribution in [0.4, 0.5) is 0 Å². The second kappa shape index (κ2) is 8.24. The Morgan fingerprint density at radius 2 is 1.89 bits per heavy atom. The Balaban J connectivity index is 1.56. The molecule has 0 saturated carbocycles. The number of fused-ring (bicyclic) bond motifs is 1. The first-order valence-electron chi connectivity index (χ1n) is 9.32. The average Bonchev–Trinajstić information content (AvgIpc) is 2.74. The van der Waals surface area contributed by atoms with Crippen molar-refractivity contribution in [2.24, 2.45) is 0 Å². The van der Waals surface area contributed by atoms with Crippen LogP contribution in [0.3, 0.4) is 0 Å². The molecule has 0 spiro atoms. The van der Waals surface area contributed by atoms with Crippen LogP contribution in [0, 0.1) is 0 Å². The lowest BCUT2D eigenvalue weighted by Crippen LogP contribution is -3.14. The number of benzene rings is 1. The first-order chi connectivity index (χ1) is 13.3. The van der Waals surface area contributed by atoms with E-state index in [2.05, 4.69) is 15.3 Å². The van der Waals surface area contributed by atoms with Crippen molar-refractivity contribution in [3.05, 3.63) is 60.3 Å². The lowest BCUT2D eigenvalue weighted by molar-refractivity contribution is -0.906. The summed E-state index contributed by atoms with van der Waals surface area (Å²) in [6.07, 6.45) is 1.73. The van der Waals surface area contributed by atoms with Crippen molar-refractivity contribution in [1.82, 2.24) is 15.3 Å². The number of hydrogen-bond donors (Lipinski definition) is 2. The highest BCUT2D eigenvalue weighted by atomic mass is 16.5. The molecular formula is C21H23N4O2+. The topological polar surface area (TPSA) is 68.5 Å². The summed E-state index contributed by atoms with van der Waals surface area (Å²) in [7, 11) is 0. The van der Waals surface area contributed by atoms with Gasteiger partial charge in [0.1, 0.15) is 13.1 Å². The fourth-order valence-corrected chi connectivity index (χ4v) is 3.37. The van der Waals surface area contributed by atoms with E-state index in [0.29, 0.717) is 17.8 Å². The Bertz CT molecular complexity index is 924. The first-order valence-corrected chi connectivity index (χ1v) is 9.32. The summed E-state index contributed by atoms with van der Waals surface area (Å²) >= 11 is 0. The highest BCUT2D eigenvalue weighted by Gasteiger charge is 2.16. The minimum absolute atomic E-state index is 0.0709. The molecule has 1 saturated heterocycles. The molecule has 0 unspecified atom stereocenters. The lowest BCUT2D eigenvalue weighted by Gasteiger charge is -2.23. The standard InChI is InChI=1S/C21H22N4O2/c26-21(23-9-10-25-11-13-27-14-12-25)17-15-20(19-7-3-4-8-22-19)24-18-6-2-1-5-16(17)18/h1-8,15H,9-14H2,(H,23,26)/p+1. The number of hydrogen-bond acceptors (Lipinski definition) is 4. The van der Waals surface area contributed by atoms with Gasteiger partial charge in [-0.3, -0.25) is 9.78 Å². The van der Waals surface area contributed by atoms with Crippen LogP contribution in [0.2, 0.25) is 0 Å². The minimum Gasteiger partial charge on any atom is -0.370 e. The number of amides is 1. The summed E-state index contributed by atoms with van der Waals surface area (Å²) in [6, 6.07) is 15.3. The number of morpholine rings is 1. The Labute approximate surface area is 158 Å². The molecule has 4 rings (SSSR count). The zero-order valence-electron chi connectivity index (χ0n) is 15.1. The number of nitrogens with one attached hydrogen (secondary N) is 2. The molecule has 2 N–H and O–H groups in total. The highest BCUT2D eigenvalue weighted by Crippen LogP contribution is 2.23. The van der Waals surface area contributed by atoms with Crippen molar-refractivity contribution in [3.63, 3.8) is 0 Å². The van der Waals surface area contributed by atoms with Crippen LogP contribution in [0.15, 0.2) is 54.7 Å². The van der Waals surface area contributed by atoms with Gasteiger partial charge in [-0.25, -0.2) is 4.98 Å². The van der Waals surface area contributed by atoms with Crippen molar-refractivity contribution in [2.75, 3.05) is 39.4 Å². The van der Waals surface area contributed by atoms with Gasteiger partial charge in [0, 0.05) is 11.6 Å². The van der Waals surface area contributed by atoms with E-state index in [1.807, 2.05) is 48.5 Å². The van der Waals surface area contributed by atoms with E-state index in [9.17, 15) is 4.79 Å². The van der Waals surface area contributed by atoms with Crippen molar-refractivity contribution in [3.8, 4) is 11.4 Å². The molecule has 3 heterocycles. The first kappa shape index (κ1) is 17.6. The van der Waals surface area contributed by atoms with Crippen molar-refractivity contribution in [2.45, 2.75) is 0 Å². The second-order valence-corrected chi connectivity index (χ2v) is 6.66. The minimum atomic E-state index is -0.0709. The number of ether oxygens (including phenoxy) is 1. The third-order valence-corrected chi connectivity index (χ3v) is 4.85. The number of carbonyl (C=O) groups excluding carboxylic acids is 1. The molecule has 1 amide bonds. The van der Waals surface area contributed by atoms with Crippen molar-refractivity contribution < 1.29 is 14.4 Å². The summed E-state index contributed by atoms with van der Waals surface area (Å²) in [5, 5.41) is 3.92. The number of aromatic nitrogens is 2. The van der Waals surface area contributed by atoms with E-state index >= 15 is 0 Å². The van der Waals surface area contributed by atoms with E-state index in [1.54, 1.807) is 6.20 Å². The third kappa shape index (κ3) is 4.13. The van der Waals surface area contributed by atoms with Gasteiger partial charge in [-0.05, 0) is 24.3 Å². The molecule has 1 fully saturated rings. The molecule has 0 bridgehead atoms. The zero-order chi connectivity index (χ0) is 18.5. The van der Waals surface area contributed by atoms with Gasteiger partial charge in [-0.1, -0.05) is 24.3 Å². The van der Waals surface area contributed by atoms with Crippen LogP contribution in [0.25, 0.3) is 22.3 Å². The smallest absolute Gasteiger partial charge is 0.252 e. The molecule has 27 heavy (non-hydrogen) atoms. The van der Waals surface area contributed by atoms with Gasteiger partial charge >= 0.3 is 0 Å². The molecule has 0 aliphatic carbocycles. The van der Waals surface area contributed by atoms with E-state index < -0.39 is 0 Å². The number of carbonyl (C=O) groups is 1. The monoisotopic (exact) mass is 363 g/mol. The van der Waals surface area contributed by atoms with Crippen LogP contribution >= 0.6 is 0 Å². The summed E-state index contributed by atoms with van der Waals surface area (Å²) in [4.78, 5) is 23.4. The molecule has 3 aromatic rings. The predicted octanol–water partition coefficient (Wildman–Crippen LogP) is 0.942. The third-order valence-electron chi connectivity index (χ3n) is 4.85. The SMILES string of the molecule is O=C(NCC[NH+]1CCOCC1)c1cc(-c2ccccn2)nc2ccccc12. The van der Waals surface area contributed by atoms with E-state index in [1.165, 1.54) is 4.90 Å². The normalized spacial score (nSPS) is 15.0. The maximum absolute atomic E-state index is 12.9. The molecule has 6 heteroatoms. The van der Waals surface area contributed by atoms with Gasteiger partial charge in [-0.15, -0.1) is 0 Å². The quantitative estimate of drug-likeness (QED) is 0.708. The Morgan fingerprint density at radius 1 is 1.07 bits per heavy atom. The number of quaternary nitrogens is 1. The van der Waals surface area contributed by atoms with Crippen molar-refractivity contribution >= 4 is 16.8 Å².